The zero-order valence-electron chi connectivity index (χ0n) is 43.9. The van der Waals surface area contributed by atoms with Crippen LogP contribution < -0.4 is 9.80 Å². The fraction of sp³-hybridized carbons (Fsp3) is 0.0400. The van der Waals surface area contributed by atoms with Crippen LogP contribution in [0.1, 0.15) is 25.0 Å². The maximum Gasteiger partial charge on any atom is 0.123 e. The van der Waals surface area contributed by atoms with Crippen LogP contribution in [0.25, 0.3) is 83.1 Å². The topological polar surface area (TPSA) is 11.4 Å². The van der Waals surface area contributed by atoms with Crippen molar-refractivity contribution in [3.63, 3.8) is 0 Å². The third-order valence-corrected chi connectivity index (χ3v) is 16.0. The summed E-state index contributed by atoms with van der Waals surface area (Å²) in [7, 11) is 0. The molecule has 1 aliphatic rings. The Balaban J connectivity index is 0.901. The van der Waals surface area contributed by atoms with E-state index in [-0.39, 0.29) is 11.2 Å². The first kappa shape index (κ1) is 47.4. The molecule has 0 amide bonds. The number of aromatic nitrogens is 1. The van der Waals surface area contributed by atoms with Gasteiger partial charge in [0.2, 0.25) is 0 Å². The van der Waals surface area contributed by atoms with Crippen LogP contribution in [0, 0.1) is 5.82 Å². The average Bonchev–Trinajstić information content (AvgIpc) is 4.12. The summed E-state index contributed by atoms with van der Waals surface area (Å²) in [5.74, 6) is -0.257. The molecule has 1 heterocycles. The molecule has 0 atom stereocenters. The van der Waals surface area contributed by atoms with E-state index >= 15 is 0 Å². The molecule has 1 aromatic heterocycles. The number of fused-ring (bicyclic) bond motifs is 5. The Hall–Kier alpha value is -10.0. The summed E-state index contributed by atoms with van der Waals surface area (Å²) in [6, 6.07) is 103. The summed E-state index contributed by atoms with van der Waals surface area (Å²) in [5.41, 5.74) is 22.3. The van der Waals surface area contributed by atoms with Gasteiger partial charge in [0, 0.05) is 55.9 Å². The Morgan fingerprint density at radius 2 is 0.785 bits per heavy atom. The fourth-order valence-electron chi connectivity index (χ4n) is 12.2. The van der Waals surface area contributed by atoms with E-state index in [0.29, 0.717) is 0 Å². The molecule has 3 nitrogen and oxygen atoms in total. The van der Waals surface area contributed by atoms with Crippen molar-refractivity contribution in [2.75, 3.05) is 9.80 Å². The molecule has 0 aliphatic heterocycles. The molecule has 13 aromatic rings. The minimum atomic E-state index is -0.339. The van der Waals surface area contributed by atoms with Gasteiger partial charge in [-0.15, -0.1) is 0 Å². The maximum atomic E-state index is 14.7. The number of anilines is 6. The normalized spacial score (nSPS) is 12.3. The lowest BCUT2D eigenvalue weighted by Gasteiger charge is -2.29. The Morgan fingerprint density at radius 1 is 0.329 bits per heavy atom. The highest BCUT2D eigenvalue weighted by Crippen LogP contribution is 2.54. The largest absolute Gasteiger partial charge is 0.311 e. The van der Waals surface area contributed by atoms with Crippen molar-refractivity contribution in [2.24, 2.45) is 0 Å². The number of nitrogens with zero attached hydrogens (tertiary/aromatic N) is 3. The van der Waals surface area contributed by atoms with Gasteiger partial charge >= 0.3 is 0 Å². The molecule has 79 heavy (non-hydrogen) atoms. The summed E-state index contributed by atoms with van der Waals surface area (Å²) < 4.78 is 17.0. The van der Waals surface area contributed by atoms with Crippen molar-refractivity contribution in [1.29, 1.82) is 0 Å². The van der Waals surface area contributed by atoms with Crippen molar-refractivity contribution >= 4 is 55.8 Å². The molecule has 14 rings (SSSR count). The molecule has 12 aromatic carbocycles. The lowest BCUT2D eigenvalue weighted by molar-refractivity contribution is 0.627. The van der Waals surface area contributed by atoms with E-state index in [0.717, 1.165) is 78.5 Å². The number of halogens is 1. The molecule has 0 spiro atoms. The second kappa shape index (κ2) is 19.5. The van der Waals surface area contributed by atoms with E-state index in [2.05, 4.69) is 295 Å². The first-order valence-corrected chi connectivity index (χ1v) is 27.1. The minimum absolute atomic E-state index is 0.257. The molecule has 0 bridgehead atoms. The number of hydrogen-bond donors (Lipinski definition) is 0. The van der Waals surface area contributed by atoms with Gasteiger partial charge in [-0.25, -0.2) is 4.39 Å². The second-order valence-corrected chi connectivity index (χ2v) is 21.0. The van der Waals surface area contributed by atoms with Crippen LogP contribution >= 0.6 is 0 Å². The molecule has 0 N–H and O–H groups in total. The number of para-hydroxylation sites is 2. The number of benzene rings is 12. The van der Waals surface area contributed by atoms with Crippen molar-refractivity contribution in [1.82, 2.24) is 4.57 Å². The van der Waals surface area contributed by atoms with E-state index < -0.39 is 0 Å². The fourth-order valence-corrected chi connectivity index (χ4v) is 12.2. The lowest BCUT2D eigenvalue weighted by atomic mass is 9.81. The summed E-state index contributed by atoms with van der Waals surface area (Å²) in [5, 5.41) is 3.48. The van der Waals surface area contributed by atoms with E-state index in [1.54, 1.807) is 12.1 Å². The van der Waals surface area contributed by atoms with Crippen molar-refractivity contribution in [3.05, 3.63) is 308 Å². The van der Waals surface area contributed by atoms with Crippen molar-refractivity contribution in [3.8, 4) is 61.5 Å². The minimum Gasteiger partial charge on any atom is -0.311 e. The summed E-state index contributed by atoms with van der Waals surface area (Å²) in [6.45, 7) is 4.72. The van der Waals surface area contributed by atoms with Crippen LogP contribution in [0.3, 0.4) is 0 Å². The quantitative estimate of drug-likeness (QED) is 0.128. The monoisotopic (exact) mass is 1020 g/mol. The van der Waals surface area contributed by atoms with Crippen LogP contribution in [0.4, 0.5) is 38.5 Å². The van der Waals surface area contributed by atoms with E-state index in [9.17, 15) is 4.39 Å². The third-order valence-electron chi connectivity index (χ3n) is 16.0. The van der Waals surface area contributed by atoms with Gasteiger partial charge in [0.25, 0.3) is 0 Å². The molecule has 0 radical (unpaired) electrons. The zero-order valence-corrected chi connectivity index (χ0v) is 43.9. The predicted molar refractivity (Wildman–Crippen MR) is 329 cm³/mol. The van der Waals surface area contributed by atoms with Gasteiger partial charge in [0.05, 0.1) is 16.9 Å². The molecule has 1 aliphatic carbocycles. The van der Waals surface area contributed by atoms with Crippen LogP contribution in [0.5, 0.6) is 0 Å². The highest BCUT2D eigenvalue weighted by atomic mass is 19.1. The van der Waals surface area contributed by atoms with Crippen LogP contribution in [-0.2, 0) is 5.41 Å². The molecule has 0 unspecified atom stereocenters. The molecule has 0 fully saturated rings. The second-order valence-electron chi connectivity index (χ2n) is 21.0. The van der Waals surface area contributed by atoms with Crippen LogP contribution in [0.15, 0.2) is 291 Å². The van der Waals surface area contributed by atoms with Gasteiger partial charge in [-0.2, -0.15) is 0 Å². The molecular weight excluding hydrogens is 962 g/mol. The van der Waals surface area contributed by atoms with Crippen molar-refractivity contribution in [2.45, 2.75) is 19.3 Å². The SMILES string of the molecule is CC1(C)c2cc(-c3ccc(N(c4ccc(-c5ccccc5)cc4)c4ccc(N(c5ccccc5)c5ccccc5)cc4)c4ccccc34)ccc2-c2cc3c(-c4ccccc4)c(-c4ccccc4)n(-c4ccc(F)cc4)c3cc21. The van der Waals surface area contributed by atoms with Gasteiger partial charge in [0.1, 0.15) is 5.82 Å². The Bertz CT molecular complexity index is 4300. The highest BCUT2D eigenvalue weighted by molar-refractivity contribution is 6.10. The van der Waals surface area contributed by atoms with Gasteiger partial charge in [-0.05, 0) is 170 Å². The predicted octanol–water partition coefficient (Wildman–Crippen LogP) is 20.8. The van der Waals surface area contributed by atoms with E-state index in [1.807, 2.05) is 12.1 Å². The molecule has 376 valence electrons. The number of hydrogen-bond acceptors (Lipinski definition) is 2. The molecule has 4 heteroatoms. The van der Waals surface area contributed by atoms with Crippen LogP contribution in [-0.4, -0.2) is 4.57 Å². The number of rotatable bonds is 11. The summed E-state index contributed by atoms with van der Waals surface area (Å²) >= 11 is 0. The van der Waals surface area contributed by atoms with Gasteiger partial charge < -0.3 is 14.4 Å². The van der Waals surface area contributed by atoms with Gasteiger partial charge in [-0.1, -0.05) is 196 Å². The highest BCUT2D eigenvalue weighted by Gasteiger charge is 2.38. The standard InChI is InChI=1S/C75H54FN3/c1-75(2)69-48-55(34-45-65(69)67-49-68-72(50-70(67)75)79(62-39-35-56(76)36-40-62)74(54-24-12-5-13-25-54)73(68)53-22-10-4-11-23-53)63-46-47-71(66-31-19-18-30-64(63)66)78(60-37-32-52(33-38-60)51-20-8-3-9-21-51)61-43-41-59(42-44-61)77(57-26-14-6-15-27-57)58-28-16-7-17-29-58/h3-50H,1-2H3. The van der Waals surface area contributed by atoms with Gasteiger partial charge in [-0.3, -0.25) is 0 Å². The lowest BCUT2D eigenvalue weighted by Crippen LogP contribution is -2.15. The first-order valence-electron chi connectivity index (χ1n) is 27.1. The van der Waals surface area contributed by atoms with Crippen LogP contribution in [0.2, 0.25) is 0 Å². The third kappa shape index (κ3) is 8.28. The van der Waals surface area contributed by atoms with Gasteiger partial charge in [0.15, 0.2) is 0 Å². The van der Waals surface area contributed by atoms with E-state index in [4.69, 9.17) is 0 Å². The Morgan fingerprint density at radius 3 is 1.39 bits per heavy atom. The summed E-state index contributed by atoms with van der Waals surface area (Å²) in [6.07, 6.45) is 0. The van der Waals surface area contributed by atoms with Crippen molar-refractivity contribution < 1.29 is 4.39 Å². The zero-order chi connectivity index (χ0) is 53.0. The summed E-state index contributed by atoms with van der Waals surface area (Å²) in [4.78, 5) is 4.71. The smallest absolute Gasteiger partial charge is 0.123 e. The molecule has 0 saturated heterocycles. The average molecular weight is 1020 g/mol. The van der Waals surface area contributed by atoms with E-state index in [1.165, 1.54) is 49.9 Å². The first-order chi connectivity index (χ1) is 38.9. The Labute approximate surface area is 461 Å². The maximum absolute atomic E-state index is 14.7. The molecular formula is C75H54FN3. The Kier molecular flexibility index (Phi) is 11.7. The molecule has 0 saturated carbocycles.